The molecule has 0 saturated heterocycles. The quantitative estimate of drug-likeness (QED) is 0.872. The highest BCUT2D eigenvalue weighted by molar-refractivity contribution is 7.22. The molecule has 90 valence electrons. The normalized spacial score (nSPS) is 12.6. The van der Waals surface area contributed by atoms with Crippen LogP contribution in [-0.2, 0) is 4.79 Å². The summed E-state index contributed by atoms with van der Waals surface area (Å²) in [6.45, 7) is 2.55. The molecule has 0 radical (unpaired) electrons. The number of para-hydroxylation sites is 1. The number of thiazole rings is 1. The van der Waals surface area contributed by atoms with E-state index in [1.807, 2.05) is 38.2 Å². The van der Waals surface area contributed by atoms with Crippen LogP contribution in [-0.4, -0.2) is 24.5 Å². The lowest BCUT2D eigenvalue weighted by atomic mass is 10.2. The van der Waals surface area contributed by atoms with E-state index >= 15 is 0 Å². The summed E-state index contributed by atoms with van der Waals surface area (Å²) < 4.78 is 1.09. The van der Waals surface area contributed by atoms with Gasteiger partial charge in [0.1, 0.15) is 0 Å². The predicted octanol–water partition coefficient (Wildman–Crippen LogP) is 2.09. The number of carbonyl (C=O) groups excluding carboxylic acids is 1. The Kier molecular flexibility index (Phi) is 3.71. The molecular weight excluding hydrogens is 234 g/mol. The smallest absolute Gasteiger partial charge is 0.230 e. The van der Waals surface area contributed by atoms with Gasteiger partial charge in [0.15, 0.2) is 5.13 Å². The highest BCUT2D eigenvalue weighted by atomic mass is 32.1. The van der Waals surface area contributed by atoms with Gasteiger partial charge in [-0.1, -0.05) is 30.4 Å². The minimum absolute atomic E-state index is 0.00148. The molecule has 1 unspecified atom stereocenters. The number of hydrogen-bond acceptors (Lipinski definition) is 4. The first-order valence-corrected chi connectivity index (χ1v) is 6.33. The molecule has 4 nitrogen and oxygen atoms in total. The average molecular weight is 249 g/mol. The van der Waals surface area contributed by atoms with Crippen molar-refractivity contribution >= 4 is 32.6 Å². The molecule has 0 spiro atoms. The molecule has 0 fully saturated rings. The number of rotatable bonds is 4. The van der Waals surface area contributed by atoms with Gasteiger partial charge in [0, 0.05) is 12.5 Å². The molecule has 1 aromatic carbocycles. The molecule has 2 aromatic rings. The van der Waals surface area contributed by atoms with Crippen LogP contribution >= 0.6 is 11.3 Å². The average Bonchev–Trinajstić information content (AvgIpc) is 2.71. The maximum Gasteiger partial charge on any atom is 0.230 e. The van der Waals surface area contributed by atoms with Crippen molar-refractivity contribution in [2.75, 3.05) is 18.9 Å². The summed E-state index contributed by atoms with van der Waals surface area (Å²) in [4.78, 5) is 16.2. The van der Waals surface area contributed by atoms with Crippen molar-refractivity contribution < 1.29 is 4.79 Å². The van der Waals surface area contributed by atoms with Crippen LogP contribution in [0.2, 0.25) is 0 Å². The fourth-order valence-corrected chi connectivity index (χ4v) is 2.42. The lowest BCUT2D eigenvalue weighted by Crippen LogP contribution is -2.28. The van der Waals surface area contributed by atoms with Gasteiger partial charge in [-0.05, 0) is 19.2 Å². The van der Waals surface area contributed by atoms with Gasteiger partial charge in [0.2, 0.25) is 5.91 Å². The molecule has 1 atom stereocenters. The maximum atomic E-state index is 11.8. The minimum Gasteiger partial charge on any atom is -0.319 e. The molecule has 1 heterocycles. The Morgan fingerprint density at radius 1 is 1.47 bits per heavy atom. The van der Waals surface area contributed by atoms with Crippen molar-refractivity contribution in [1.29, 1.82) is 0 Å². The molecule has 2 rings (SSSR count). The fraction of sp³-hybridized carbons (Fsp3) is 0.333. The largest absolute Gasteiger partial charge is 0.319 e. The second kappa shape index (κ2) is 5.25. The van der Waals surface area contributed by atoms with E-state index in [1.54, 1.807) is 0 Å². The predicted molar refractivity (Wildman–Crippen MR) is 71.3 cm³/mol. The molecule has 0 aliphatic rings. The summed E-state index contributed by atoms with van der Waals surface area (Å²) >= 11 is 1.50. The second-order valence-electron chi connectivity index (χ2n) is 3.93. The van der Waals surface area contributed by atoms with Crippen molar-refractivity contribution in [1.82, 2.24) is 10.3 Å². The Labute approximate surface area is 104 Å². The number of aromatic nitrogens is 1. The van der Waals surface area contributed by atoms with Gasteiger partial charge in [0.05, 0.1) is 10.2 Å². The van der Waals surface area contributed by atoms with Crippen molar-refractivity contribution in [3.63, 3.8) is 0 Å². The number of amides is 1. The molecule has 0 aliphatic heterocycles. The maximum absolute atomic E-state index is 11.8. The first-order chi connectivity index (χ1) is 8.20. The summed E-state index contributed by atoms with van der Waals surface area (Å²) in [6, 6.07) is 7.85. The van der Waals surface area contributed by atoms with Crippen molar-refractivity contribution in [3.8, 4) is 0 Å². The van der Waals surface area contributed by atoms with E-state index in [9.17, 15) is 4.79 Å². The monoisotopic (exact) mass is 249 g/mol. The summed E-state index contributed by atoms with van der Waals surface area (Å²) in [7, 11) is 1.83. The molecule has 17 heavy (non-hydrogen) atoms. The minimum atomic E-state index is -0.0630. The van der Waals surface area contributed by atoms with E-state index in [4.69, 9.17) is 0 Å². The van der Waals surface area contributed by atoms with Gasteiger partial charge in [0.25, 0.3) is 0 Å². The molecule has 1 aromatic heterocycles. The van der Waals surface area contributed by atoms with Crippen molar-refractivity contribution in [3.05, 3.63) is 24.3 Å². The lowest BCUT2D eigenvalue weighted by Gasteiger charge is -2.08. The molecule has 0 aliphatic carbocycles. The molecule has 2 N–H and O–H groups in total. The number of nitrogens with one attached hydrogen (secondary N) is 2. The first-order valence-electron chi connectivity index (χ1n) is 5.51. The zero-order chi connectivity index (χ0) is 12.3. The van der Waals surface area contributed by atoms with E-state index in [0.29, 0.717) is 11.7 Å². The van der Waals surface area contributed by atoms with Gasteiger partial charge < -0.3 is 10.6 Å². The van der Waals surface area contributed by atoms with Crippen LogP contribution in [0.4, 0.5) is 5.13 Å². The van der Waals surface area contributed by atoms with Gasteiger partial charge in [-0.2, -0.15) is 0 Å². The van der Waals surface area contributed by atoms with E-state index < -0.39 is 0 Å². The molecule has 0 saturated carbocycles. The second-order valence-corrected chi connectivity index (χ2v) is 4.97. The Bertz CT molecular complexity index is 490. The summed E-state index contributed by atoms with van der Waals surface area (Å²) in [5.41, 5.74) is 0.925. The molecule has 5 heteroatoms. The number of fused-ring (bicyclic) bond motifs is 1. The molecule has 0 bridgehead atoms. The van der Waals surface area contributed by atoms with Crippen LogP contribution in [0.3, 0.4) is 0 Å². The number of hydrogen-bond donors (Lipinski definition) is 2. The van der Waals surface area contributed by atoms with Crippen LogP contribution < -0.4 is 10.6 Å². The van der Waals surface area contributed by atoms with Crippen LogP contribution in [0.5, 0.6) is 0 Å². The number of carbonyl (C=O) groups is 1. The molecular formula is C12H15N3OS. The van der Waals surface area contributed by atoms with Crippen molar-refractivity contribution in [2.45, 2.75) is 6.92 Å². The zero-order valence-electron chi connectivity index (χ0n) is 9.86. The molecule has 1 amide bonds. The van der Waals surface area contributed by atoms with Crippen LogP contribution in [0.25, 0.3) is 10.2 Å². The van der Waals surface area contributed by atoms with E-state index in [0.717, 1.165) is 10.2 Å². The van der Waals surface area contributed by atoms with E-state index in [2.05, 4.69) is 15.6 Å². The van der Waals surface area contributed by atoms with Gasteiger partial charge in [-0.25, -0.2) is 4.98 Å². The first kappa shape index (κ1) is 12.0. The van der Waals surface area contributed by atoms with Gasteiger partial charge in [-0.15, -0.1) is 0 Å². The number of nitrogens with zero attached hydrogens (tertiary/aromatic N) is 1. The third-order valence-corrected chi connectivity index (χ3v) is 3.43. The third-order valence-electron chi connectivity index (χ3n) is 2.48. The fourth-order valence-electron chi connectivity index (χ4n) is 1.55. The van der Waals surface area contributed by atoms with Crippen LogP contribution in [0.1, 0.15) is 6.92 Å². The SMILES string of the molecule is CNCC(C)C(=O)Nc1nc2ccccc2s1. The standard InChI is InChI=1S/C12H15N3OS/c1-8(7-13-2)11(16)15-12-14-9-5-3-4-6-10(9)17-12/h3-6,8,13H,7H2,1-2H3,(H,14,15,16). The van der Waals surface area contributed by atoms with Gasteiger partial charge in [-0.3, -0.25) is 4.79 Å². The highest BCUT2D eigenvalue weighted by Crippen LogP contribution is 2.25. The number of benzene rings is 1. The Morgan fingerprint density at radius 2 is 2.24 bits per heavy atom. The third kappa shape index (κ3) is 2.81. The summed E-state index contributed by atoms with van der Waals surface area (Å²) in [5, 5.41) is 6.49. The van der Waals surface area contributed by atoms with Gasteiger partial charge >= 0.3 is 0 Å². The van der Waals surface area contributed by atoms with Crippen molar-refractivity contribution in [2.24, 2.45) is 5.92 Å². The Balaban J connectivity index is 2.10. The van der Waals surface area contributed by atoms with Crippen LogP contribution in [0.15, 0.2) is 24.3 Å². The highest BCUT2D eigenvalue weighted by Gasteiger charge is 2.13. The number of anilines is 1. The summed E-state index contributed by atoms with van der Waals surface area (Å²) in [6.07, 6.45) is 0. The zero-order valence-corrected chi connectivity index (χ0v) is 10.7. The topological polar surface area (TPSA) is 54.0 Å². The van der Waals surface area contributed by atoms with Crippen LogP contribution in [0, 0.1) is 5.92 Å². The van der Waals surface area contributed by atoms with E-state index in [1.165, 1.54) is 11.3 Å². The Morgan fingerprint density at radius 3 is 2.94 bits per heavy atom. The lowest BCUT2D eigenvalue weighted by molar-refractivity contribution is -0.119. The van der Waals surface area contributed by atoms with E-state index in [-0.39, 0.29) is 11.8 Å². The summed E-state index contributed by atoms with van der Waals surface area (Å²) in [5.74, 6) is -0.0644. The Hall–Kier alpha value is -1.46.